The Morgan fingerprint density at radius 1 is 1.38 bits per heavy atom. The first-order chi connectivity index (χ1) is 12.3. The van der Waals surface area contributed by atoms with E-state index in [9.17, 15) is 13.2 Å². The Bertz CT molecular complexity index is 864. The van der Waals surface area contributed by atoms with Crippen LogP contribution in [0.3, 0.4) is 0 Å². The van der Waals surface area contributed by atoms with Gasteiger partial charge in [0.15, 0.2) is 0 Å². The molecule has 1 aliphatic rings. The van der Waals surface area contributed by atoms with Crippen molar-refractivity contribution in [3.8, 4) is 0 Å². The zero-order chi connectivity index (χ0) is 18.9. The number of thiophene rings is 1. The number of urea groups is 1. The number of hydrogen-bond acceptors (Lipinski definition) is 6. The molecule has 0 aromatic carbocycles. The van der Waals surface area contributed by atoms with Crippen molar-refractivity contribution in [2.75, 3.05) is 28.7 Å². The molecule has 3 rings (SSSR count). The lowest BCUT2D eigenvalue weighted by Gasteiger charge is -2.39. The number of carbonyl (C=O) groups is 1. The van der Waals surface area contributed by atoms with Crippen molar-refractivity contribution >= 4 is 39.0 Å². The van der Waals surface area contributed by atoms with Crippen LogP contribution in [0.25, 0.3) is 0 Å². The predicted octanol–water partition coefficient (Wildman–Crippen LogP) is 1.21. The van der Waals surface area contributed by atoms with Crippen molar-refractivity contribution in [3.05, 3.63) is 29.2 Å². The van der Waals surface area contributed by atoms with Crippen LogP contribution in [0.5, 0.6) is 0 Å². The molecule has 0 radical (unpaired) electrons. The Kier molecular flexibility index (Phi) is 5.21. The summed E-state index contributed by atoms with van der Waals surface area (Å²) in [7, 11) is -0.566. The number of aryl methyl sites for hydroxylation is 1. The van der Waals surface area contributed by atoms with Crippen molar-refractivity contribution in [1.82, 2.24) is 14.7 Å². The molecule has 1 atom stereocenters. The number of carbonyl (C=O) groups excluding carboxylic acids is 1. The van der Waals surface area contributed by atoms with Gasteiger partial charge in [0.25, 0.3) is 0 Å². The topological polar surface area (TPSA) is 105 Å². The molecule has 26 heavy (non-hydrogen) atoms. The molecule has 1 aliphatic heterocycles. The first kappa shape index (κ1) is 18.7. The summed E-state index contributed by atoms with van der Waals surface area (Å²) in [5.41, 5.74) is 6.09. The van der Waals surface area contributed by atoms with E-state index in [0.717, 1.165) is 13.0 Å². The largest absolute Gasteiger partial charge is 0.350 e. The van der Waals surface area contributed by atoms with Crippen LogP contribution in [-0.2, 0) is 17.3 Å². The number of aromatic nitrogens is 2. The van der Waals surface area contributed by atoms with Gasteiger partial charge in [-0.15, -0.1) is 0 Å². The first-order valence-corrected chi connectivity index (χ1v) is 10.5. The Hall–Kier alpha value is -2.11. The number of likely N-dealkylation sites (tertiary alicyclic amines) is 1. The molecule has 2 aromatic heterocycles. The molecule has 0 bridgehead atoms. The van der Waals surface area contributed by atoms with E-state index in [-0.39, 0.29) is 11.7 Å². The fourth-order valence-electron chi connectivity index (χ4n) is 3.22. The second-order valence-electron chi connectivity index (χ2n) is 6.32. The van der Waals surface area contributed by atoms with Crippen LogP contribution >= 0.6 is 11.3 Å². The van der Waals surface area contributed by atoms with Crippen LogP contribution in [-0.4, -0.2) is 55.3 Å². The molecule has 11 heteroatoms. The van der Waals surface area contributed by atoms with Crippen LogP contribution < -0.4 is 14.3 Å². The average molecular weight is 399 g/mol. The van der Waals surface area contributed by atoms with Gasteiger partial charge in [-0.1, -0.05) is 0 Å². The zero-order valence-corrected chi connectivity index (χ0v) is 16.3. The highest BCUT2D eigenvalue weighted by atomic mass is 32.2. The summed E-state index contributed by atoms with van der Waals surface area (Å²) >= 11 is 1.29. The molecule has 2 aromatic rings. The molecule has 2 amide bonds. The maximum atomic E-state index is 13.5. The Labute approximate surface area is 156 Å². The normalized spacial score (nSPS) is 18.6. The molecule has 0 spiro atoms. The van der Waals surface area contributed by atoms with Crippen molar-refractivity contribution in [2.45, 2.75) is 18.9 Å². The number of nitrogens with two attached hydrogens (primary N) is 1. The van der Waals surface area contributed by atoms with Crippen molar-refractivity contribution < 1.29 is 13.2 Å². The van der Waals surface area contributed by atoms with Crippen LogP contribution in [0, 0.1) is 0 Å². The summed E-state index contributed by atoms with van der Waals surface area (Å²) in [5, 5.41) is 7.37. The predicted molar refractivity (Wildman–Crippen MR) is 102 cm³/mol. The molecule has 3 heterocycles. The SMILES string of the molecule is CN1CCCC(N(c2cnn(C)c2)S(=O)(=O)N(C(N)=O)c2ccsc2)C1. The fraction of sp³-hybridized carbons (Fsp3) is 0.467. The van der Waals surface area contributed by atoms with E-state index in [2.05, 4.69) is 10.00 Å². The summed E-state index contributed by atoms with van der Waals surface area (Å²) in [6.07, 6.45) is 4.66. The third-order valence-corrected chi connectivity index (χ3v) is 6.83. The highest BCUT2D eigenvalue weighted by molar-refractivity contribution is 7.95. The van der Waals surface area contributed by atoms with Crippen LogP contribution in [0.15, 0.2) is 29.2 Å². The zero-order valence-electron chi connectivity index (χ0n) is 14.6. The molecule has 1 fully saturated rings. The van der Waals surface area contributed by atoms with E-state index in [1.165, 1.54) is 26.5 Å². The number of rotatable bonds is 5. The van der Waals surface area contributed by atoms with Gasteiger partial charge in [0.1, 0.15) is 0 Å². The number of anilines is 2. The minimum atomic E-state index is -4.23. The molecule has 9 nitrogen and oxygen atoms in total. The van der Waals surface area contributed by atoms with E-state index in [4.69, 9.17) is 5.73 Å². The maximum Gasteiger partial charge on any atom is 0.334 e. The van der Waals surface area contributed by atoms with E-state index >= 15 is 0 Å². The molecule has 142 valence electrons. The number of likely N-dealkylation sites (N-methyl/N-ethyl adjacent to an activating group) is 1. The number of amides is 2. The van der Waals surface area contributed by atoms with Gasteiger partial charge in [-0.25, -0.2) is 9.10 Å². The van der Waals surface area contributed by atoms with E-state index in [1.54, 1.807) is 30.1 Å². The van der Waals surface area contributed by atoms with Crippen LogP contribution in [0.4, 0.5) is 16.2 Å². The molecule has 0 saturated carbocycles. The lowest BCUT2D eigenvalue weighted by atomic mass is 10.1. The Balaban J connectivity index is 2.08. The molecule has 1 unspecified atom stereocenters. The van der Waals surface area contributed by atoms with Gasteiger partial charge in [0.05, 0.1) is 23.6 Å². The molecule has 1 saturated heterocycles. The number of piperidine rings is 1. The smallest absolute Gasteiger partial charge is 0.334 e. The summed E-state index contributed by atoms with van der Waals surface area (Å²) in [5.74, 6) is 0. The summed E-state index contributed by atoms with van der Waals surface area (Å²) in [4.78, 5) is 14.1. The third kappa shape index (κ3) is 3.55. The summed E-state index contributed by atoms with van der Waals surface area (Å²) in [6.45, 7) is 1.46. The highest BCUT2D eigenvalue weighted by Gasteiger charge is 2.40. The van der Waals surface area contributed by atoms with Crippen molar-refractivity contribution in [2.24, 2.45) is 12.8 Å². The quantitative estimate of drug-likeness (QED) is 0.815. The minimum absolute atomic E-state index is 0.237. The van der Waals surface area contributed by atoms with Gasteiger partial charge in [0.2, 0.25) is 0 Å². The minimum Gasteiger partial charge on any atom is -0.350 e. The Morgan fingerprint density at radius 2 is 2.15 bits per heavy atom. The molecular weight excluding hydrogens is 376 g/mol. The van der Waals surface area contributed by atoms with Gasteiger partial charge < -0.3 is 10.6 Å². The Morgan fingerprint density at radius 3 is 2.69 bits per heavy atom. The molecule has 0 aliphatic carbocycles. The van der Waals surface area contributed by atoms with Gasteiger partial charge >= 0.3 is 16.2 Å². The number of primary amides is 1. The molecular formula is C15H22N6O3S2. The first-order valence-electron chi connectivity index (χ1n) is 8.14. The fourth-order valence-corrected chi connectivity index (χ4v) is 5.60. The van der Waals surface area contributed by atoms with Gasteiger partial charge in [-0.2, -0.15) is 29.2 Å². The van der Waals surface area contributed by atoms with Crippen LogP contribution in [0.2, 0.25) is 0 Å². The summed E-state index contributed by atoms with van der Waals surface area (Å²) < 4.78 is 30.4. The van der Waals surface area contributed by atoms with Crippen molar-refractivity contribution in [1.29, 1.82) is 0 Å². The van der Waals surface area contributed by atoms with E-state index < -0.39 is 16.2 Å². The second kappa shape index (κ2) is 7.25. The van der Waals surface area contributed by atoms with E-state index in [0.29, 0.717) is 23.0 Å². The van der Waals surface area contributed by atoms with E-state index in [1.807, 2.05) is 7.05 Å². The second-order valence-corrected chi connectivity index (χ2v) is 8.75. The highest BCUT2D eigenvalue weighted by Crippen LogP contribution is 2.30. The third-order valence-electron chi connectivity index (χ3n) is 4.30. The number of hydrogen-bond donors (Lipinski definition) is 1. The van der Waals surface area contributed by atoms with Crippen molar-refractivity contribution in [3.63, 3.8) is 0 Å². The van der Waals surface area contributed by atoms with Gasteiger partial charge in [0, 0.05) is 25.2 Å². The van der Waals surface area contributed by atoms with Gasteiger partial charge in [-0.3, -0.25) is 4.68 Å². The summed E-state index contributed by atoms with van der Waals surface area (Å²) in [6, 6.07) is 0.200. The average Bonchev–Trinajstić information content (AvgIpc) is 3.19. The lowest BCUT2D eigenvalue weighted by molar-refractivity contribution is 0.252. The maximum absolute atomic E-state index is 13.5. The standard InChI is InChI=1S/C15H22N6O3S2/c1-18-6-3-4-12(9-18)20(14-8-17-19(2)10-14)26(23,24)21(15(16)22)13-5-7-25-11-13/h5,7-8,10-12H,3-4,6,9H2,1-2H3,(H2,16,22). The monoisotopic (exact) mass is 398 g/mol. The van der Waals surface area contributed by atoms with Gasteiger partial charge in [-0.05, 0) is 37.9 Å². The lowest BCUT2D eigenvalue weighted by Crippen LogP contribution is -2.56. The van der Waals surface area contributed by atoms with Crippen LogP contribution in [0.1, 0.15) is 12.8 Å². The molecule has 2 N–H and O–H groups in total. The number of nitrogens with zero attached hydrogens (tertiary/aromatic N) is 5.